The number of fused-ring (bicyclic) bond motifs is 10. The van der Waals surface area contributed by atoms with Gasteiger partial charge in [0.15, 0.2) is 0 Å². The largest absolute Gasteiger partial charge is 0.376 e. The van der Waals surface area contributed by atoms with Crippen LogP contribution in [0.25, 0.3) is 42.4 Å². The van der Waals surface area contributed by atoms with Gasteiger partial charge < -0.3 is 9.71 Å². The number of thiophene rings is 1. The lowest BCUT2D eigenvalue weighted by Gasteiger charge is -2.49. The van der Waals surface area contributed by atoms with Gasteiger partial charge in [0, 0.05) is 54.2 Å². The molecule has 0 atom stereocenters. The molecule has 2 aliphatic heterocycles. The molecule has 7 aromatic carbocycles. The van der Waals surface area contributed by atoms with Crippen LogP contribution in [-0.2, 0) is 27.1 Å². The molecule has 0 spiro atoms. The Morgan fingerprint density at radius 3 is 1.69 bits per heavy atom. The van der Waals surface area contributed by atoms with Gasteiger partial charge in [0.25, 0.3) is 0 Å². The van der Waals surface area contributed by atoms with Crippen LogP contribution in [0.3, 0.4) is 0 Å². The van der Waals surface area contributed by atoms with E-state index in [-0.39, 0.29) is 33.9 Å². The van der Waals surface area contributed by atoms with Gasteiger partial charge >= 0.3 is 6.85 Å². The van der Waals surface area contributed by atoms with Crippen LogP contribution in [0.5, 0.6) is 0 Å². The van der Waals surface area contributed by atoms with Crippen molar-refractivity contribution in [3.63, 3.8) is 0 Å². The lowest BCUT2D eigenvalue weighted by atomic mass is 9.43. The summed E-state index contributed by atoms with van der Waals surface area (Å²) in [5, 5.41) is 2.69. The molecule has 0 bridgehead atoms. The zero-order valence-electron chi connectivity index (χ0n) is 44.6. The van der Waals surface area contributed by atoms with Gasteiger partial charge in [-0.3, -0.25) is 0 Å². The minimum absolute atomic E-state index is 0.0348. The van der Waals surface area contributed by atoms with Crippen LogP contribution in [0.1, 0.15) is 152 Å². The summed E-state index contributed by atoms with van der Waals surface area (Å²) in [5.74, 6) is 0. The number of hydrogen-bond acceptors (Lipinski definition) is 3. The summed E-state index contributed by atoms with van der Waals surface area (Å²) in [6.07, 6.45) is 4.70. The molecule has 0 radical (unpaired) electrons. The standard InChI is InChI=1S/C66H71BN2S/c1-38-30-40(3)58(41(4)31-38)42-33-48-47-35-50-52(66(14,15)29-27-64(50,10)11)37-55(47)69(44-22-20-43(21-23-44)62(5,6)7)67-59(48)56(34-42)68(53-25-24-46-45-18-16-17-19-57(45)70-61(46)60(53)67)54-36-51-49(32-39(54)2)63(8,9)26-28-65(51,12)13/h16-25,30-37H,26-29H2,1-15H3. The highest BCUT2D eigenvalue weighted by Gasteiger charge is 2.49. The van der Waals surface area contributed by atoms with Crippen LogP contribution in [0.15, 0.2) is 109 Å². The zero-order chi connectivity index (χ0) is 49.4. The van der Waals surface area contributed by atoms with E-state index in [9.17, 15) is 0 Å². The molecule has 1 aromatic heterocycles. The van der Waals surface area contributed by atoms with Crippen molar-refractivity contribution >= 4 is 77.7 Å². The van der Waals surface area contributed by atoms with E-state index in [1.807, 2.05) is 11.3 Å². The SMILES string of the molecule is Cc1cc(C)c(-c2cc3c4c(c2)N(c2cc5c(cc2C)C(C)(C)CCC5(C)C)c2ccc5c(sc6ccccc65)c2B4N(c2ccc(C(C)(C)C)cc2)c2cc4c(cc2-3)C(C)(C)CCC4(C)C)c(C)c1. The van der Waals surface area contributed by atoms with Crippen LogP contribution in [0.4, 0.5) is 28.4 Å². The van der Waals surface area contributed by atoms with Crippen molar-refractivity contribution < 1.29 is 0 Å². The third-order valence-electron chi connectivity index (χ3n) is 17.9. The van der Waals surface area contributed by atoms with E-state index in [2.05, 4.69) is 223 Å². The van der Waals surface area contributed by atoms with E-state index < -0.39 is 0 Å². The highest BCUT2D eigenvalue weighted by molar-refractivity contribution is 7.27. The van der Waals surface area contributed by atoms with Crippen LogP contribution in [0, 0.1) is 27.7 Å². The van der Waals surface area contributed by atoms with Crippen LogP contribution in [0.2, 0.25) is 0 Å². The molecule has 12 rings (SSSR count). The minimum Gasteiger partial charge on any atom is -0.376 e. The summed E-state index contributed by atoms with van der Waals surface area (Å²) in [7, 11) is 0. The maximum absolute atomic E-state index is 2.79. The number of anilines is 5. The molecule has 0 saturated carbocycles. The Balaban J connectivity index is 1.28. The Kier molecular flexibility index (Phi) is 9.75. The fraction of sp³-hybridized carbons (Fsp3) is 0.364. The number of aryl methyl sites for hydroxylation is 4. The predicted molar refractivity (Wildman–Crippen MR) is 307 cm³/mol. The summed E-state index contributed by atoms with van der Waals surface area (Å²) in [4.78, 5) is 5.53. The summed E-state index contributed by atoms with van der Waals surface area (Å²) < 4.78 is 2.73. The second-order valence-electron chi connectivity index (χ2n) is 25.7. The number of hydrogen-bond donors (Lipinski definition) is 0. The Labute approximate surface area is 423 Å². The first-order valence-corrected chi connectivity index (χ1v) is 27.0. The fourth-order valence-corrected chi connectivity index (χ4v) is 15.0. The minimum atomic E-state index is -0.0960. The van der Waals surface area contributed by atoms with Gasteiger partial charge in [0.2, 0.25) is 0 Å². The van der Waals surface area contributed by atoms with E-state index in [1.165, 1.54) is 158 Å². The molecule has 0 N–H and O–H groups in total. The third kappa shape index (κ3) is 6.63. The lowest BCUT2D eigenvalue weighted by molar-refractivity contribution is 0.332. The molecule has 354 valence electrons. The van der Waals surface area contributed by atoms with Gasteiger partial charge in [-0.15, -0.1) is 11.3 Å². The molecule has 2 nitrogen and oxygen atoms in total. The topological polar surface area (TPSA) is 6.48 Å². The molecular formula is C66H71BN2S. The second-order valence-corrected chi connectivity index (χ2v) is 26.8. The van der Waals surface area contributed by atoms with Gasteiger partial charge in [-0.2, -0.15) is 0 Å². The smallest absolute Gasteiger partial charge is 0.334 e. The molecular weight excluding hydrogens is 864 g/mol. The first-order valence-electron chi connectivity index (χ1n) is 26.2. The molecule has 4 heteroatoms. The van der Waals surface area contributed by atoms with Crippen molar-refractivity contribution in [2.24, 2.45) is 0 Å². The van der Waals surface area contributed by atoms with Crippen LogP contribution in [-0.4, -0.2) is 6.85 Å². The molecule has 0 amide bonds. The Morgan fingerprint density at radius 2 is 1.07 bits per heavy atom. The average Bonchev–Trinajstić information content (AvgIpc) is 3.68. The maximum Gasteiger partial charge on any atom is 0.334 e. The van der Waals surface area contributed by atoms with Gasteiger partial charge in [-0.05, 0) is 207 Å². The third-order valence-corrected chi connectivity index (χ3v) is 19.1. The lowest BCUT2D eigenvalue weighted by Crippen LogP contribution is -2.62. The normalized spacial score (nSPS) is 18.1. The number of nitrogens with zero attached hydrogens (tertiary/aromatic N) is 2. The molecule has 70 heavy (non-hydrogen) atoms. The monoisotopic (exact) mass is 935 g/mol. The van der Waals surface area contributed by atoms with E-state index >= 15 is 0 Å². The molecule has 0 saturated heterocycles. The zero-order valence-corrected chi connectivity index (χ0v) is 45.4. The highest BCUT2D eigenvalue weighted by atomic mass is 32.1. The van der Waals surface area contributed by atoms with E-state index in [0.717, 1.165) is 0 Å². The van der Waals surface area contributed by atoms with Crippen molar-refractivity contribution in [3.8, 4) is 22.3 Å². The molecule has 0 fully saturated rings. The van der Waals surface area contributed by atoms with Gasteiger partial charge in [0.1, 0.15) is 0 Å². The average molecular weight is 935 g/mol. The Hall–Kier alpha value is -5.58. The van der Waals surface area contributed by atoms with E-state index in [4.69, 9.17) is 0 Å². The fourth-order valence-electron chi connectivity index (χ4n) is 13.7. The van der Waals surface area contributed by atoms with Crippen molar-refractivity contribution in [1.29, 1.82) is 0 Å². The number of benzene rings is 7. The van der Waals surface area contributed by atoms with Crippen molar-refractivity contribution in [2.75, 3.05) is 9.71 Å². The summed E-state index contributed by atoms with van der Waals surface area (Å²) in [5.41, 5.74) is 27.5. The Morgan fingerprint density at radius 1 is 0.500 bits per heavy atom. The van der Waals surface area contributed by atoms with Gasteiger partial charge in [-0.25, -0.2) is 0 Å². The van der Waals surface area contributed by atoms with E-state index in [0.29, 0.717) is 0 Å². The molecule has 2 aliphatic carbocycles. The molecule has 0 unspecified atom stereocenters. The second kappa shape index (κ2) is 15.0. The summed E-state index contributed by atoms with van der Waals surface area (Å²) in [6.45, 7) is 36.0. The highest BCUT2D eigenvalue weighted by Crippen LogP contribution is 2.56. The quantitative estimate of drug-likeness (QED) is 0.163. The summed E-state index contributed by atoms with van der Waals surface area (Å²) in [6, 6.07) is 44.2. The van der Waals surface area contributed by atoms with Crippen molar-refractivity contribution in [1.82, 2.24) is 0 Å². The first-order chi connectivity index (χ1) is 32.9. The number of rotatable bonds is 3. The molecule has 8 aromatic rings. The van der Waals surface area contributed by atoms with Gasteiger partial charge in [-0.1, -0.05) is 136 Å². The Bertz CT molecular complexity index is 3510. The molecule has 3 heterocycles. The van der Waals surface area contributed by atoms with E-state index in [1.54, 1.807) is 0 Å². The first kappa shape index (κ1) is 45.6. The summed E-state index contributed by atoms with van der Waals surface area (Å²) >= 11 is 1.98. The van der Waals surface area contributed by atoms with Crippen molar-refractivity contribution in [3.05, 3.63) is 159 Å². The molecule has 4 aliphatic rings. The predicted octanol–water partition coefficient (Wildman–Crippen LogP) is 17.7. The van der Waals surface area contributed by atoms with Crippen molar-refractivity contribution in [2.45, 2.75) is 157 Å². The van der Waals surface area contributed by atoms with Crippen LogP contribution >= 0.6 is 11.3 Å². The maximum atomic E-state index is 2.79. The van der Waals surface area contributed by atoms with Crippen LogP contribution < -0.4 is 20.6 Å². The van der Waals surface area contributed by atoms with Gasteiger partial charge in [0.05, 0.1) is 0 Å².